The molecule has 0 amide bonds. The Hall–Kier alpha value is -2.55. The minimum Gasteiger partial charge on any atom is -0.372 e. The maximum atomic E-state index is 12.0. The van der Waals surface area contributed by atoms with E-state index in [1.54, 1.807) is 0 Å². The molecule has 0 aliphatic heterocycles. The van der Waals surface area contributed by atoms with Gasteiger partial charge in [0.25, 0.3) is 5.56 Å². The van der Waals surface area contributed by atoms with Crippen molar-refractivity contribution in [3.8, 4) is 0 Å². The van der Waals surface area contributed by atoms with Crippen molar-refractivity contribution in [3.05, 3.63) is 76.6 Å². The van der Waals surface area contributed by atoms with Gasteiger partial charge in [-0.05, 0) is 35.9 Å². The van der Waals surface area contributed by atoms with Gasteiger partial charge in [0.15, 0.2) is 0 Å². The fraction of sp³-hybridized carbons (Fsp3) is 0.167. The van der Waals surface area contributed by atoms with Crippen LogP contribution in [0, 0.1) is 0 Å². The van der Waals surface area contributed by atoms with Gasteiger partial charge in [-0.2, -0.15) is 0 Å². The van der Waals surface area contributed by atoms with Crippen LogP contribution in [0.15, 0.2) is 65.5 Å². The van der Waals surface area contributed by atoms with Gasteiger partial charge in [-0.15, -0.1) is 0 Å². The highest BCUT2D eigenvalue weighted by Gasteiger charge is 2.00. The summed E-state index contributed by atoms with van der Waals surface area (Å²) in [5.41, 5.74) is 1.30. The molecule has 21 heavy (non-hydrogen) atoms. The zero-order chi connectivity index (χ0) is 14.5. The molecule has 0 aliphatic rings. The minimum absolute atomic E-state index is 0.0429. The van der Waals surface area contributed by atoms with Crippen molar-refractivity contribution in [1.82, 2.24) is 4.98 Å². The van der Waals surface area contributed by atoms with Gasteiger partial charge in [0.05, 0.1) is 0 Å². The third-order valence-corrected chi connectivity index (χ3v) is 3.55. The monoisotopic (exact) mass is 278 g/mol. The maximum Gasteiger partial charge on any atom is 0.257 e. The fourth-order valence-corrected chi connectivity index (χ4v) is 2.47. The van der Waals surface area contributed by atoms with Crippen LogP contribution in [0.3, 0.4) is 0 Å². The molecule has 0 unspecified atom stereocenters. The molecule has 2 aromatic carbocycles. The first-order chi connectivity index (χ1) is 10.3. The van der Waals surface area contributed by atoms with E-state index in [2.05, 4.69) is 34.6 Å². The molecule has 0 spiro atoms. The molecular weight excluding hydrogens is 260 g/mol. The van der Waals surface area contributed by atoms with Crippen molar-refractivity contribution in [3.63, 3.8) is 0 Å². The van der Waals surface area contributed by atoms with Gasteiger partial charge >= 0.3 is 0 Å². The van der Waals surface area contributed by atoms with E-state index in [0.717, 1.165) is 36.0 Å². The lowest BCUT2D eigenvalue weighted by atomic mass is 10.1. The average molecular weight is 278 g/mol. The molecule has 2 N–H and O–H groups in total. The van der Waals surface area contributed by atoms with Crippen LogP contribution in [0.5, 0.6) is 0 Å². The molecule has 3 nitrogen and oxygen atoms in total. The second kappa shape index (κ2) is 6.27. The lowest BCUT2D eigenvalue weighted by Crippen LogP contribution is -2.12. The summed E-state index contributed by atoms with van der Waals surface area (Å²) in [6, 6.07) is 20.0. The molecule has 0 bridgehead atoms. The molecule has 0 radical (unpaired) electrons. The van der Waals surface area contributed by atoms with Gasteiger partial charge < -0.3 is 10.3 Å². The standard InChI is InChI=1S/C18H18N2O/c21-18-16-11-5-4-10-15(16)13-17(20-18)19-12-6-9-14-7-2-1-3-8-14/h1-5,7-8,10-11,13H,6,9,12H2,(H2,19,20,21). The number of pyridine rings is 1. The summed E-state index contributed by atoms with van der Waals surface area (Å²) in [7, 11) is 0. The molecule has 1 heterocycles. The quantitative estimate of drug-likeness (QED) is 0.701. The van der Waals surface area contributed by atoms with Crippen molar-refractivity contribution < 1.29 is 0 Å². The number of fused-ring (bicyclic) bond motifs is 1. The average Bonchev–Trinajstić information content (AvgIpc) is 2.53. The SMILES string of the molecule is O=c1[nH]c(NCCCc2ccccc2)cc2ccccc12. The predicted molar refractivity (Wildman–Crippen MR) is 87.8 cm³/mol. The number of hydrogen-bond donors (Lipinski definition) is 2. The highest BCUT2D eigenvalue weighted by atomic mass is 16.1. The molecule has 0 atom stereocenters. The lowest BCUT2D eigenvalue weighted by molar-refractivity contribution is 0.859. The van der Waals surface area contributed by atoms with Gasteiger partial charge in [-0.25, -0.2) is 0 Å². The topological polar surface area (TPSA) is 44.9 Å². The Balaban J connectivity index is 1.62. The smallest absolute Gasteiger partial charge is 0.257 e. The number of aromatic amines is 1. The number of rotatable bonds is 5. The number of hydrogen-bond acceptors (Lipinski definition) is 2. The number of aromatic nitrogens is 1. The minimum atomic E-state index is -0.0429. The van der Waals surface area contributed by atoms with Crippen LogP contribution in [0.1, 0.15) is 12.0 Å². The molecule has 3 aromatic rings. The summed E-state index contributed by atoms with van der Waals surface area (Å²) in [5, 5.41) is 4.99. The summed E-state index contributed by atoms with van der Waals surface area (Å²) in [6.45, 7) is 0.836. The summed E-state index contributed by atoms with van der Waals surface area (Å²) in [4.78, 5) is 14.8. The van der Waals surface area contributed by atoms with Crippen LogP contribution in [0.2, 0.25) is 0 Å². The van der Waals surface area contributed by atoms with Gasteiger partial charge in [0, 0.05) is 11.9 Å². The van der Waals surface area contributed by atoms with Gasteiger partial charge in [0.2, 0.25) is 0 Å². The molecule has 106 valence electrons. The Morgan fingerprint density at radius 3 is 2.57 bits per heavy atom. The van der Waals surface area contributed by atoms with E-state index >= 15 is 0 Å². The Bertz CT molecular complexity index is 778. The summed E-state index contributed by atoms with van der Waals surface area (Å²) >= 11 is 0. The van der Waals surface area contributed by atoms with Gasteiger partial charge in [-0.1, -0.05) is 48.5 Å². The second-order valence-corrected chi connectivity index (χ2v) is 5.12. The number of H-pyrrole nitrogens is 1. The van der Waals surface area contributed by atoms with Crippen LogP contribution >= 0.6 is 0 Å². The van der Waals surface area contributed by atoms with Crippen molar-refractivity contribution in [2.75, 3.05) is 11.9 Å². The van der Waals surface area contributed by atoms with E-state index in [1.807, 2.05) is 36.4 Å². The summed E-state index contributed by atoms with van der Waals surface area (Å²) < 4.78 is 0. The van der Waals surface area contributed by atoms with Gasteiger partial charge in [0.1, 0.15) is 5.82 Å². The Kier molecular flexibility index (Phi) is 4.01. The molecule has 0 saturated carbocycles. The fourth-order valence-electron chi connectivity index (χ4n) is 2.47. The zero-order valence-corrected chi connectivity index (χ0v) is 11.8. The Labute approximate surface area is 123 Å². The molecule has 3 rings (SSSR count). The van der Waals surface area contributed by atoms with E-state index in [4.69, 9.17) is 0 Å². The third kappa shape index (κ3) is 3.31. The lowest BCUT2D eigenvalue weighted by Gasteiger charge is -2.07. The van der Waals surface area contributed by atoms with Crippen molar-refractivity contribution in [1.29, 1.82) is 0 Å². The number of nitrogens with one attached hydrogen (secondary N) is 2. The van der Waals surface area contributed by atoms with Crippen molar-refractivity contribution >= 4 is 16.6 Å². The van der Waals surface area contributed by atoms with E-state index in [-0.39, 0.29) is 5.56 Å². The zero-order valence-electron chi connectivity index (χ0n) is 11.8. The Morgan fingerprint density at radius 1 is 0.952 bits per heavy atom. The molecule has 0 saturated heterocycles. The van der Waals surface area contributed by atoms with Crippen LogP contribution in [0.4, 0.5) is 5.82 Å². The number of anilines is 1. The Morgan fingerprint density at radius 2 is 1.71 bits per heavy atom. The molecule has 3 heteroatoms. The van der Waals surface area contributed by atoms with E-state index in [0.29, 0.717) is 0 Å². The highest BCUT2D eigenvalue weighted by molar-refractivity contribution is 5.83. The van der Waals surface area contributed by atoms with Crippen molar-refractivity contribution in [2.45, 2.75) is 12.8 Å². The maximum absolute atomic E-state index is 12.0. The normalized spacial score (nSPS) is 10.7. The number of aryl methyl sites for hydroxylation is 1. The highest BCUT2D eigenvalue weighted by Crippen LogP contribution is 2.12. The van der Waals surface area contributed by atoms with Crippen LogP contribution in [0.25, 0.3) is 10.8 Å². The van der Waals surface area contributed by atoms with E-state index < -0.39 is 0 Å². The third-order valence-electron chi connectivity index (χ3n) is 3.55. The number of benzene rings is 2. The molecule has 0 aliphatic carbocycles. The van der Waals surface area contributed by atoms with Crippen LogP contribution in [-0.4, -0.2) is 11.5 Å². The van der Waals surface area contributed by atoms with Crippen LogP contribution < -0.4 is 10.9 Å². The second-order valence-electron chi connectivity index (χ2n) is 5.12. The van der Waals surface area contributed by atoms with E-state index in [9.17, 15) is 4.79 Å². The first-order valence-electron chi connectivity index (χ1n) is 7.23. The summed E-state index contributed by atoms with van der Waals surface area (Å²) in [6.07, 6.45) is 2.06. The predicted octanol–water partition coefficient (Wildman–Crippen LogP) is 3.57. The van der Waals surface area contributed by atoms with Crippen LogP contribution in [-0.2, 0) is 6.42 Å². The van der Waals surface area contributed by atoms with E-state index in [1.165, 1.54) is 5.56 Å². The first-order valence-corrected chi connectivity index (χ1v) is 7.23. The first kappa shape index (κ1) is 13.4. The largest absolute Gasteiger partial charge is 0.372 e. The van der Waals surface area contributed by atoms with Gasteiger partial charge in [-0.3, -0.25) is 4.79 Å². The molecule has 0 fully saturated rings. The van der Waals surface area contributed by atoms with Crippen molar-refractivity contribution in [2.24, 2.45) is 0 Å². The molecular formula is C18H18N2O. The summed E-state index contributed by atoms with van der Waals surface area (Å²) in [5.74, 6) is 0.784. The molecule has 1 aromatic heterocycles.